The van der Waals surface area contributed by atoms with Crippen LogP contribution in [0.5, 0.6) is 0 Å². The molecule has 31 heavy (non-hydrogen) atoms. The quantitative estimate of drug-likeness (QED) is 0.583. The Morgan fingerprint density at radius 3 is 2.45 bits per heavy atom. The van der Waals surface area contributed by atoms with Crippen LogP contribution in [0.4, 0.5) is 30.6 Å². The lowest BCUT2D eigenvalue weighted by Crippen LogP contribution is -2.32. The number of rotatable bonds is 7. The van der Waals surface area contributed by atoms with Gasteiger partial charge in [0.15, 0.2) is 0 Å². The van der Waals surface area contributed by atoms with Crippen molar-refractivity contribution < 1.29 is 13.2 Å². The molecule has 164 valence electrons. The van der Waals surface area contributed by atoms with Crippen LogP contribution in [0.3, 0.4) is 0 Å². The van der Waals surface area contributed by atoms with E-state index in [-0.39, 0.29) is 23.8 Å². The minimum absolute atomic E-state index is 0.109. The molecule has 2 N–H and O–H groups in total. The molecule has 3 aromatic heterocycles. The Kier molecular flexibility index (Phi) is 4.78. The highest BCUT2D eigenvalue weighted by Crippen LogP contribution is 2.48. The van der Waals surface area contributed by atoms with Crippen molar-refractivity contribution in [2.24, 2.45) is 0 Å². The number of aromatic nitrogens is 7. The van der Waals surface area contributed by atoms with Gasteiger partial charge in [0.05, 0.1) is 42.1 Å². The molecule has 2 aliphatic carbocycles. The first-order valence-corrected chi connectivity index (χ1v) is 10.3. The van der Waals surface area contributed by atoms with Crippen molar-refractivity contribution in [3.8, 4) is 0 Å². The summed E-state index contributed by atoms with van der Waals surface area (Å²) < 4.78 is 41.7. The molecule has 0 aliphatic heterocycles. The summed E-state index contributed by atoms with van der Waals surface area (Å²) in [5.41, 5.74) is 0.918. The summed E-state index contributed by atoms with van der Waals surface area (Å²) in [6.45, 7) is 2.04. The topological polar surface area (TPSA) is 98.4 Å². The molecule has 9 nitrogen and oxygen atoms in total. The van der Waals surface area contributed by atoms with E-state index in [0.29, 0.717) is 12.5 Å². The molecule has 0 aromatic carbocycles. The van der Waals surface area contributed by atoms with Gasteiger partial charge in [0.25, 0.3) is 0 Å². The van der Waals surface area contributed by atoms with Gasteiger partial charge in [-0.15, -0.1) is 0 Å². The van der Waals surface area contributed by atoms with Gasteiger partial charge in [-0.05, 0) is 32.6 Å². The molecule has 0 bridgehead atoms. The highest BCUT2D eigenvalue weighted by atomic mass is 19.4. The van der Waals surface area contributed by atoms with Gasteiger partial charge >= 0.3 is 6.18 Å². The molecule has 3 heterocycles. The number of alkyl halides is 3. The van der Waals surface area contributed by atoms with Gasteiger partial charge in [0.2, 0.25) is 5.95 Å². The van der Waals surface area contributed by atoms with Gasteiger partial charge in [-0.25, -0.2) is 4.98 Å². The Bertz CT molecular complexity index is 1050. The Labute approximate surface area is 176 Å². The van der Waals surface area contributed by atoms with Crippen molar-refractivity contribution in [2.75, 3.05) is 17.2 Å². The minimum Gasteiger partial charge on any atom is -0.370 e. The number of halogens is 3. The van der Waals surface area contributed by atoms with Crippen LogP contribution in [0.25, 0.3) is 0 Å². The zero-order valence-electron chi connectivity index (χ0n) is 16.8. The Morgan fingerprint density at radius 2 is 1.81 bits per heavy atom. The maximum atomic E-state index is 13.2. The van der Waals surface area contributed by atoms with Gasteiger partial charge in [-0.3, -0.25) is 4.68 Å². The standard InChI is InChI=1S/C19H22F3N9/c1-2-23-17-14(19(20,21)22)9-24-18(29-17)28-15-10-27-30(16(15)11-3-4-11)12-7-13(8-12)31-25-5-6-26-31/h5-6,9-13H,2-4,7-8H2,1H3,(H2,23,24,28,29)/t12-,13-. The fraction of sp³-hybridized carbons (Fsp3) is 0.526. The van der Waals surface area contributed by atoms with Gasteiger partial charge in [-0.1, -0.05) is 0 Å². The van der Waals surface area contributed by atoms with Crippen molar-refractivity contribution in [1.29, 1.82) is 0 Å². The van der Waals surface area contributed by atoms with E-state index in [2.05, 4.69) is 35.9 Å². The lowest BCUT2D eigenvalue weighted by Gasteiger charge is -2.35. The summed E-state index contributed by atoms with van der Waals surface area (Å²) in [7, 11) is 0. The maximum absolute atomic E-state index is 13.2. The third kappa shape index (κ3) is 3.81. The third-order valence-corrected chi connectivity index (χ3v) is 5.68. The number of nitrogens with one attached hydrogen (secondary N) is 2. The monoisotopic (exact) mass is 433 g/mol. The fourth-order valence-corrected chi connectivity index (χ4v) is 3.96. The first-order chi connectivity index (χ1) is 14.9. The van der Waals surface area contributed by atoms with E-state index >= 15 is 0 Å². The lowest BCUT2D eigenvalue weighted by molar-refractivity contribution is -0.137. The van der Waals surface area contributed by atoms with Crippen LogP contribution in [0, 0.1) is 0 Å². The predicted molar refractivity (Wildman–Crippen MR) is 106 cm³/mol. The van der Waals surface area contributed by atoms with Crippen LogP contribution >= 0.6 is 0 Å². The molecular formula is C19H22F3N9. The average molecular weight is 433 g/mol. The Balaban J connectivity index is 1.37. The van der Waals surface area contributed by atoms with E-state index < -0.39 is 11.7 Å². The molecule has 12 heteroatoms. The summed E-state index contributed by atoms with van der Waals surface area (Å²) in [6, 6.07) is 0.501. The second-order valence-electron chi connectivity index (χ2n) is 7.90. The highest BCUT2D eigenvalue weighted by molar-refractivity contribution is 5.60. The lowest BCUT2D eigenvalue weighted by atomic mass is 9.87. The van der Waals surface area contributed by atoms with Gasteiger partial charge in [-0.2, -0.15) is 38.2 Å². The van der Waals surface area contributed by atoms with Crippen LogP contribution in [-0.4, -0.2) is 41.3 Å². The maximum Gasteiger partial charge on any atom is 0.421 e. The third-order valence-electron chi connectivity index (χ3n) is 5.68. The summed E-state index contributed by atoms with van der Waals surface area (Å²) in [6.07, 6.45) is 5.23. The number of anilines is 3. The zero-order valence-corrected chi connectivity index (χ0v) is 16.8. The first-order valence-electron chi connectivity index (χ1n) is 10.3. The van der Waals surface area contributed by atoms with E-state index in [1.807, 2.05) is 4.68 Å². The second kappa shape index (κ2) is 7.50. The SMILES string of the molecule is CCNc1nc(Nc2cnn([C@H]3C[C@H](n4nccn4)C3)c2C2CC2)ncc1C(F)(F)F. The second-order valence-corrected chi connectivity index (χ2v) is 7.90. The molecular weight excluding hydrogens is 411 g/mol. The van der Waals surface area contributed by atoms with E-state index in [4.69, 9.17) is 0 Å². The molecule has 2 aliphatic rings. The summed E-state index contributed by atoms with van der Waals surface area (Å²) in [5.74, 6) is 0.258. The molecule has 2 saturated carbocycles. The van der Waals surface area contributed by atoms with Gasteiger partial charge in [0.1, 0.15) is 11.4 Å². The molecule has 0 spiro atoms. The summed E-state index contributed by atoms with van der Waals surface area (Å²) >= 11 is 0. The van der Waals surface area contributed by atoms with Crippen LogP contribution in [0.1, 0.15) is 61.9 Å². The smallest absolute Gasteiger partial charge is 0.370 e. The molecule has 0 amide bonds. The summed E-state index contributed by atoms with van der Waals surface area (Å²) in [4.78, 5) is 9.70. The highest BCUT2D eigenvalue weighted by Gasteiger charge is 2.39. The van der Waals surface area contributed by atoms with Crippen molar-refractivity contribution in [2.45, 2.75) is 56.8 Å². The average Bonchev–Trinajstić information content (AvgIpc) is 3.21. The number of nitrogens with zero attached hydrogens (tertiary/aromatic N) is 7. The predicted octanol–water partition coefficient (Wildman–Crippen LogP) is 3.91. The Hall–Kier alpha value is -3.18. The van der Waals surface area contributed by atoms with Crippen molar-refractivity contribution in [1.82, 2.24) is 34.7 Å². The van der Waals surface area contributed by atoms with Crippen molar-refractivity contribution in [3.05, 3.63) is 36.0 Å². The molecule has 2 fully saturated rings. The molecule has 5 rings (SSSR count). The normalized spacial score (nSPS) is 21.0. The van der Waals surface area contributed by atoms with Crippen LogP contribution in [0.15, 0.2) is 24.8 Å². The molecule has 0 unspecified atom stereocenters. The largest absolute Gasteiger partial charge is 0.421 e. The van der Waals surface area contributed by atoms with E-state index in [1.165, 1.54) is 0 Å². The van der Waals surface area contributed by atoms with E-state index in [9.17, 15) is 13.2 Å². The summed E-state index contributed by atoms with van der Waals surface area (Å²) in [5, 5.41) is 18.8. The molecule has 0 atom stereocenters. The fourth-order valence-electron chi connectivity index (χ4n) is 3.96. The van der Waals surface area contributed by atoms with Gasteiger partial charge in [0, 0.05) is 18.7 Å². The molecule has 3 aromatic rings. The first kappa shape index (κ1) is 19.8. The van der Waals surface area contributed by atoms with E-state index in [1.54, 1.807) is 30.3 Å². The van der Waals surface area contributed by atoms with Crippen LogP contribution < -0.4 is 10.6 Å². The number of hydrogen-bond donors (Lipinski definition) is 2. The molecule has 0 radical (unpaired) electrons. The minimum atomic E-state index is -4.52. The van der Waals surface area contributed by atoms with Gasteiger partial charge < -0.3 is 10.6 Å². The zero-order chi connectivity index (χ0) is 21.6. The van der Waals surface area contributed by atoms with Crippen molar-refractivity contribution in [3.63, 3.8) is 0 Å². The Morgan fingerprint density at radius 1 is 1.06 bits per heavy atom. The number of hydrogen-bond acceptors (Lipinski definition) is 7. The molecule has 0 saturated heterocycles. The van der Waals surface area contributed by atoms with Crippen LogP contribution in [-0.2, 0) is 6.18 Å². The van der Waals surface area contributed by atoms with E-state index in [0.717, 1.165) is 43.3 Å². The van der Waals surface area contributed by atoms with Crippen molar-refractivity contribution >= 4 is 17.5 Å². The van der Waals surface area contributed by atoms with Crippen LogP contribution in [0.2, 0.25) is 0 Å².